The zero-order valence-corrected chi connectivity index (χ0v) is 12.7. The number of sulfone groups is 1. The van der Waals surface area contributed by atoms with E-state index in [2.05, 4.69) is 9.46 Å². The molecule has 20 heavy (non-hydrogen) atoms. The van der Waals surface area contributed by atoms with Crippen molar-refractivity contribution in [1.29, 1.82) is 0 Å². The van der Waals surface area contributed by atoms with Crippen LogP contribution in [-0.4, -0.2) is 54.6 Å². The molecule has 7 nitrogen and oxygen atoms in total. The average Bonchev–Trinajstić information content (AvgIpc) is 2.36. The summed E-state index contributed by atoms with van der Waals surface area (Å²) < 4.78 is 53.2. The van der Waals surface area contributed by atoms with Gasteiger partial charge in [0.1, 0.15) is 0 Å². The normalized spacial score (nSPS) is 14.2. The molecule has 1 unspecified atom stereocenters. The minimum absolute atomic E-state index is 0.00946. The molecule has 0 aliphatic carbocycles. The molecule has 1 aromatic rings. The molecule has 1 aromatic carbocycles. The largest absolute Gasteiger partial charge is 0.389 e. The van der Waals surface area contributed by atoms with Gasteiger partial charge in [-0.2, -0.15) is 0 Å². The number of rotatable bonds is 7. The second-order valence-electron chi connectivity index (χ2n) is 4.20. The number of hydrogen-bond acceptors (Lipinski definition) is 6. The van der Waals surface area contributed by atoms with E-state index >= 15 is 0 Å². The van der Waals surface area contributed by atoms with Crippen LogP contribution in [0.25, 0.3) is 0 Å². The van der Waals surface area contributed by atoms with E-state index < -0.39 is 26.0 Å². The van der Waals surface area contributed by atoms with Crippen LogP contribution in [-0.2, 0) is 24.6 Å². The van der Waals surface area contributed by atoms with Crippen molar-refractivity contribution >= 4 is 19.9 Å². The maximum absolute atomic E-state index is 11.9. The van der Waals surface area contributed by atoms with E-state index in [4.69, 9.17) is 0 Å². The SMILES string of the molecule is COCC(O)CNS(=O)(=O)c1ccc(S(C)(=O)=O)cc1. The third-order valence-corrected chi connectivity index (χ3v) is 5.00. The molecule has 2 N–H and O–H groups in total. The van der Waals surface area contributed by atoms with Crippen LogP contribution in [0.3, 0.4) is 0 Å². The van der Waals surface area contributed by atoms with Gasteiger partial charge in [-0.25, -0.2) is 21.6 Å². The standard InChI is InChI=1S/C11H17NO6S2/c1-18-8-9(13)7-12-20(16,17)11-5-3-10(4-6-11)19(2,14)15/h3-6,9,12-13H,7-8H2,1-2H3. The fraction of sp³-hybridized carbons (Fsp3) is 0.455. The summed E-state index contributed by atoms with van der Waals surface area (Å²) in [7, 11) is -5.78. The van der Waals surface area contributed by atoms with E-state index in [0.29, 0.717) is 0 Å². The van der Waals surface area contributed by atoms with Crippen LogP contribution in [0, 0.1) is 0 Å². The lowest BCUT2D eigenvalue weighted by Crippen LogP contribution is -2.34. The van der Waals surface area contributed by atoms with E-state index in [1.54, 1.807) is 0 Å². The molecule has 0 heterocycles. The number of aliphatic hydroxyl groups excluding tert-OH is 1. The Labute approximate surface area is 118 Å². The quantitative estimate of drug-likeness (QED) is 0.692. The Morgan fingerprint density at radius 2 is 1.65 bits per heavy atom. The number of benzene rings is 1. The van der Waals surface area contributed by atoms with Crippen molar-refractivity contribution in [3.63, 3.8) is 0 Å². The molecular weight excluding hydrogens is 306 g/mol. The van der Waals surface area contributed by atoms with Gasteiger partial charge < -0.3 is 9.84 Å². The van der Waals surface area contributed by atoms with Crippen molar-refractivity contribution in [2.75, 3.05) is 26.5 Å². The van der Waals surface area contributed by atoms with E-state index in [1.165, 1.54) is 31.4 Å². The molecule has 9 heteroatoms. The summed E-state index contributed by atoms with van der Waals surface area (Å²) in [5, 5.41) is 9.38. The zero-order valence-electron chi connectivity index (χ0n) is 11.1. The van der Waals surface area contributed by atoms with Gasteiger partial charge in [0.25, 0.3) is 0 Å². The van der Waals surface area contributed by atoms with Gasteiger partial charge in [0.05, 0.1) is 22.5 Å². The number of nitrogens with one attached hydrogen (secondary N) is 1. The van der Waals surface area contributed by atoms with Gasteiger partial charge in [0, 0.05) is 19.9 Å². The first kappa shape index (κ1) is 17.1. The van der Waals surface area contributed by atoms with Crippen LogP contribution in [0.15, 0.2) is 34.1 Å². The summed E-state index contributed by atoms with van der Waals surface area (Å²) >= 11 is 0. The molecule has 0 aromatic heterocycles. The van der Waals surface area contributed by atoms with Crippen LogP contribution >= 0.6 is 0 Å². The van der Waals surface area contributed by atoms with Gasteiger partial charge >= 0.3 is 0 Å². The number of methoxy groups -OCH3 is 1. The minimum atomic E-state index is -3.80. The highest BCUT2D eigenvalue weighted by atomic mass is 32.2. The van der Waals surface area contributed by atoms with Gasteiger partial charge in [0.2, 0.25) is 10.0 Å². The summed E-state index contributed by atoms with van der Waals surface area (Å²) in [6.45, 7) is -0.181. The third kappa shape index (κ3) is 4.84. The van der Waals surface area contributed by atoms with Crippen molar-refractivity contribution in [1.82, 2.24) is 4.72 Å². The van der Waals surface area contributed by atoms with E-state index in [1.807, 2.05) is 0 Å². The van der Waals surface area contributed by atoms with Crippen LogP contribution in [0.4, 0.5) is 0 Å². The van der Waals surface area contributed by atoms with Gasteiger partial charge in [-0.3, -0.25) is 0 Å². The highest BCUT2D eigenvalue weighted by Crippen LogP contribution is 2.14. The molecular formula is C11H17NO6S2. The second kappa shape index (κ2) is 6.64. The number of ether oxygens (including phenoxy) is 1. The maximum Gasteiger partial charge on any atom is 0.240 e. The number of sulfonamides is 1. The van der Waals surface area contributed by atoms with Gasteiger partial charge in [-0.05, 0) is 24.3 Å². The van der Waals surface area contributed by atoms with Crippen LogP contribution in [0.1, 0.15) is 0 Å². The molecule has 0 bridgehead atoms. The first-order valence-corrected chi connectivity index (χ1v) is 9.01. The first-order chi connectivity index (χ1) is 9.16. The smallest absolute Gasteiger partial charge is 0.240 e. The van der Waals surface area contributed by atoms with E-state index in [9.17, 15) is 21.9 Å². The Hall–Kier alpha value is -1.00. The van der Waals surface area contributed by atoms with Crippen molar-refractivity contribution in [2.45, 2.75) is 15.9 Å². The lowest BCUT2D eigenvalue weighted by Gasteiger charge is -2.11. The molecule has 0 radical (unpaired) electrons. The fourth-order valence-electron chi connectivity index (χ4n) is 1.41. The van der Waals surface area contributed by atoms with Crippen molar-refractivity contribution < 1.29 is 26.7 Å². The molecule has 0 spiro atoms. The monoisotopic (exact) mass is 323 g/mol. The third-order valence-electron chi connectivity index (χ3n) is 2.43. The summed E-state index contributed by atoms with van der Waals surface area (Å²) in [6, 6.07) is 4.83. The van der Waals surface area contributed by atoms with Gasteiger partial charge in [-0.15, -0.1) is 0 Å². The summed E-state index contributed by atoms with van der Waals surface area (Å²) in [5.41, 5.74) is 0. The summed E-state index contributed by atoms with van der Waals surface area (Å²) in [4.78, 5) is -0.0367. The molecule has 1 rings (SSSR count). The fourth-order valence-corrected chi connectivity index (χ4v) is 3.11. The molecule has 114 valence electrons. The highest BCUT2D eigenvalue weighted by Gasteiger charge is 2.17. The average molecular weight is 323 g/mol. The Morgan fingerprint density at radius 1 is 1.15 bits per heavy atom. The van der Waals surface area contributed by atoms with E-state index in [-0.39, 0.29) is 22.9 Å². The zero-order chi connectivity index (χ0) is 15.4. The van der Waals surface area contributed by atoms with Crippen LogP contribution in [0.5, 0.6) is 0 Å². The topological polar surface area (TPSA) is 110 Å². The molecule has 0 amide bonds. The lowest BCUT2D eigenvalue weighted by molar-refractivity contribution is 0.0679. The number of hydrogen-bond donors (Lipinski definition) is 2. The second-order valence-corrected chi connectivity index (χ2v) is 7.99. The maximum atomic E-state index is 11.9. The summed E-state index contributed by atoms with van der Waals surface area (Å²) in [6.07, 6.45) is 0.0839. The summed E-state index contributed by atoms with van der Waals surface area (Å²) in [5.74, 6) is 0. The van der Waals surface area contributed by atoms with Crippen molar-refractivity contribution in [2.24, 2.45) is 0 Å². The lowest BCUT2D eigenvalue weighted by atomic mass is 10.4. The minimum Gasteiger partial charge on any atom is -0.389 e. The highest BCUT2D eigenvalue weighted by molar-refractivity contribution is 7.90. The molecule has 0 saturated carbocycles. The Kier molecular flexibility index (Phi) is 5.66. The molecule has 0 saturated heterocycles. The Bertz CT molecular complexity index is 636. The van der Waals surface area contributed by atoms with Gasteiger partial charge in [0.15, 0.2) is 9.84 Å². The van der Waals surface area contributed by atoms with Gasteiger partial charge in [-0.1, -0.05) is 0 Å². The predicted octanol–water partition coefficient (Wildman–Crippen LogP) is -0.624. The van der Waals surface area contributed by atoms with E-state index in [0.717, 1.165) is 6.26 Å². The number of aliphatic hydroxyl groups is 1. The van der Waals surface area contributed by atoms with Crippen LogP contribution in [0.2, 0.25) is 0 Å². The molecule has 0 fully saturated rings. The molecule has 0 aliphatic heterocycles. The molecule has 0 aliphatic rings. The Morgan fingerprint density at radius 3 is 2.10 bits per heavy atom. The van der Waals surface area contributed by atoms with Crippen molar-refractivity contribution in [3.05, 3.63) is 24.3 Å². The van der Waals surface area contributed by atoms with Crippen LogP contribution < -0.4 is 4.72 Å². The first-order valence-electron chi connectivity index (χ1n) is 5.63. The Balaban J connectivity index is 2.83. The predicted molar refractivity (Wildman–Crippen MR) is 72.6 cm³/mol. The molecule has 1 atom stereocenters. The van der Waals surface area contributed by atoms with Crippen molar-refractivity contribution in [3.8, 4) is 0 Å².